The van der Waals surface area contributed by atoms with E-state index in [-0.39, 0.29) is 37.5 Å². The summed E-state index contributed by atoms with van der Waals surface area (Å²) in [4.78, 5) is 17.9. The van der Waals surface area contributed by atoms with Gasteiger partial charge in [0, 0.05) is 24.5 Å². The molecule has 1 unspecified atom stereocenters. The van der Waals surface area contributed by atoms with Crippen LogP contribution in [0, 0.1) is 17.8 Å². The van der Waals surface area contributed by atoms with Gasteiger partial charge in [0.2, 0.25) is 0 Å². The van der Waals surface area contributed by atoms with Crippen molar-refractivity contribution in [3.05, 3.63) is 0 Å². The Kier molecular flexibility index (Phi) is 15.6. The van der Waals surface area contributed by atoms with Crippen molar-refractivity contribution in [1.82, 2.24) is 15.1 Å². The summed E-state index contributed by atoms with van der Waals surface area (Å²) in [6, 6.07) is -0.827. The quantitative estimate of drug-likeness (QED) is 0.197. The maximum Gasteiger partial charge on any atom is 0.312 e. The summed E-state index contributed by atoms with van der Waals surface area (Å²) < 4.78 is 18.7. The van der Waals surface area contributed by atoms with Gasteiger partial charge in [0.25, 0.3) is 0 Å². The molecule has 0 aromatic rings. The molecule has 0 radical (unpaired) electrons. The number of ether oxygens (including phenoxy) is 3. The van der Waals surface area contributed by atoms with E-state index in [1.807, 2.05) is 44.8 Å². The Bertz CT molecular complexity index is 969. The molecule has 0 aromatic heterocycles. The molecule has 14 atom stereocenters. The number of nitrogens with one attached hydrogen (secondary N) is 1. The van der Waals surface area contributed by atoms with Crippen LogP contribution in [0.2, 0.25) is 0 Å². The molecule has 6 N–H and O–H groups in total. The third-order valence-corrected chi connectivity index (χ3v) is 10.8. The predicted octanol–water partition coefficient (Wildman–Crippen LogP) is 1.74. The second kappa shape index (κ2) is 17.3. The fourth-order valence-corrected chi connectivity index (χ4v) is 7.63. The highest BCUT2D eigenvalue weighted by atomic mass is 16.7. The van der Waals surface area contributed by atoms with Gasteiger partial charge >= 0.3 is 5.97 Å². The number of unbranched alkanes of at least 4 members (excludes halogenated alkanes) is 1. The minimum atomic E-state index is -1.79. The molecule has 2 rings (SSSR count). The Morgan fingerprint density at radius 3 is 2.19 bits per heavy atom. The number of esters is 1. The van der Waals surface area contributed by atoms with Crippen LogP contribution in [0.25, 0.3) is 0 Å². The Labute approximate surface area is 284 Å². The van der Waals surface area contributed by atoms with Gasteiger partial charge in [-0.05, 0) is 100 Å². The molecule has 0 aliphatic carbocycles. The third-order valence-electron chi connectivity index (χ3n) is 10.8. The lowest BCUT2D eigenvalue weighted by atomic mass is 9.70. The molecule has 2 aliphatic rings. The molecule has 2 heterocycles. The van der Waals surface area contributed by atoms with Crippen LogP contribution >= 0.6 is 0 Å². The topological polar surface area (TPSA) is 164 Å². The molecule has 0 amide bonds. The summed E-state index contributed by atoms with van der Waals surface area (Å²) in [5.74, 6) is -2.88. The van der Waals surface area contributed by atoms with Gasteiger partial charge in [0.1, 0.15) is 23.9 Å². The van der Waals surface area contributed by atoms with E-state index >= 15 is 0 Å². The molecule has 0 aromatic carbocycles. The highest BCUT2D eigenvalue weighted by Gasteiger charge is 2.55. The van der Waals surface area contributed by atoms with Crippen molar-refractivity contribution in [3.63, 3.8) is 0 Å². The number of carbonyl (C=O) groups excluding carboxylic acids is 1. The molecule has 0 bridgehead atoms. The van der Waals surface area contributed by atoms with Gasteiger partial charge in [-0.1, -0.05) is 34.1 Å². The Morgan fingerprint density at radius 2 is 1.64 bits per heavy atom. The first-order valence-electron chi connectivity index (χ1n) is 17.8. The molecule has 0 saturated carbocycles. The first-order chi connectivity index (χ1) is 21.6. The van der Waals surface area contributed by atoms with Crippen LogP contribution in [0.4, 0.5) is 0 Å². The highest BCUT2D eigenvalue weighted by molar-refractivity contribution is 5.74. The van der Waals surface area contributed by atoms with E-state index in [9.17, 15) is 30.3 Å². The van der Waals surface area contributed by atoms with Crippen molar-refractivity contribution in [2.45, 2.75) is 160 Å². The number of cyclic esters (lactones) is 1. The second-order valence-corrected chi connectivity index (χ2v) is 15.6. The summed E-state index contributed by atoms with van der Waals surface area (Å²) in [6.45, 7) is 17.1. The van der Waals surface area contributed by atoms with Crippen LogP contribution in [0.5, 0.6) is 0 Å². The number of carbonyl (C=O) groups is 1. The van der Waals surface area contributed by atoms with Gasteiger partial charge in [-0.15, -0.1) is 0 Å². The SMILES string of the molecule is CCCCN(C)C[C@]1(O)C(C)C(=O)O[C@H](CC)[C@@](C)(O)[C@H](O)[C@@H](C)NC[C@H](C)C[C@](C)(O)[C@H](O[C@@H]2O[C@H](C)C[C@H](N(C)C)[C@H]2O)[C@H]1C. The number of likely N-dealkylation sites (N-methyl/N-ethyl adjacent to an activating group) is 2. The number of nitrogens with zero attached hydrogens (tertiary/aromatic N) is 2. The van der Waals surface area contributed by atoms with Crippen LogP contribution in [0.15, 0.2) is 0 Å². The lowest BCUT2D eigenvalue weighted by Gasteiger charge is -2.50. The number of aliphatic hydroxyl groups excluding tert-OH is 2. The lowest BCUT2D eigenvalue weighted by Crippen LogP contribution is -2.64. The molecule has 2 fully saturated rings. The third kappa shape index (κ3) is 10.3. The van der Waals surface area contributed by atoms with Crippen LogP contribution < -0.4 is 5.32 Å². The zero-order valence-electron chi connectivity index (χ0n) is 31.3. The molecular formula is C35H69N3O9. The number of rotatable bonds is 9. The van der Waals surface area contributed by atoms with Crippen molar-refractivity contribution in [2.75, 3.05) is 40.8 Å². The monoisotopic (exact) mass is 676 g/mol. The van der Waals surface area contributed by atoms with Crippen LogP contribution in [0.1, 0.15) is 94.4 Å². The van der Waals surface area contributed by atoms with E-state index in [0.29, 0.717) is 19.5 Å². The number of hydrogen-bond acceptors (Lipinski definition) is 12. The Balaban J connectivity index is 2.72. The van der Waals surface area contributed by atoms with Crippen LogP contribution in [0.3, 0.4) is 0 Å². The largest absolute Gasteiger partial charge is 0.459 e. The summed E-state index contributed by atoms with van der Waals surface area (Å²) in [5, 5.41) is 62.5. The zero-order chi connectivity index (χ0) is 36.1. The number of aliphatic hydroxyl groups is 5. The van der Waals surface area contributed by atoms with Gasteiger partial charge in [-0.25, -0.2) is 0 Å². The Hall–Kier alpha value is -0.930. The van der Waals surface area contributed by atoms with Crippen molar-refractivity contribution < 1.29 is 44.5 Å². The fourth-order valence-electron chi connectivity index (χ4n) is 7.63. The van der Waals surface area contributed by atoms with E-state index in [0.717, 1.165) is 12.8 Å². The molecule has 12 heteroatoms. The van der Waals surface area contributed by atoms with Gasteiger partial charge in [0.15, 0.2) is 6.29 Å². The van der Waals surface area contributed by atoms with Gasteiger partial charge in [0.05, 0.1) is 29.3 Å². The first kappa shape index (κ1) is 42.2. The zero-order valence-corrected chi connectivity index (χ0v) is 31.3. The van der Waals surface area contributed by atoms with Crippen molar-refractivity contribution >= 4 is 5.97 Å². The molecular weight excluding hydrogens is 606 g/mol. The molecule has 278 valence electrons. The van der Waals surface area contributed by atoms with E-state index in [1.54, 1.807) is 34.6 Å². The maximum absolute atomic E-state index is 14.0. The molecule has 2 saturated heterocycles. The minimum absolute atomic E-state index is 0.0646. The summed E-state index contributed by atoms with van der Waals surface area (Å²) in [7, 11) is 5.65. The standard InChI is InChI=1S/C35H69N3O9/c1-13-15-16-38(12)20-35(44)23(5)30(47-32-28(39)26(37(10)11)17-22(4)45-32)33(8,42)18-21(3)19-36-25(7)29(40)34(9,43)27(14-2)46-31(41)24(35)6/h21-30,32,36,39-40,42-44H,13-20H2,1-12H3/t21-,22-,23-,24?,25-,26+,27-,28-,29-,30-,32+,33+,34-,35-/m1/s1. The smallest absolute Gasteiger partial charge is 0.312 e. The average molecular weight is 676 g/mol. The van der Waals surface area contributed by atoms with Crippen LogP contribution in [-0.4, -0.2) is 148 Å². The highest BCUT2D eigenvalue weighted by Crippen LogP contribution is 2.40. The van der Waals surface area contributed by atoms with Crippen molar-refractivity contribution in [2.24, 2.45) is 17.8 Å². The lowest BCUT2D eigenvalue weighted by molar-refractivity contribution is -0.305. The maximum atomic E-state index is 14.0. The van der Waals surface area contributed by atoms with Crippen molar-refractivity contribution in [3.8, 4) is 0 Å². The minimum Gasteiger partial charge on any atom is -0.459 e. The van der Waals surface area contributed by atoms with Crippen molar-refractivity contribution in [1.29, 1.82) is 0 Å². The molecule has 47 heavy (non-hydrogen) atoms. The molecule has 12 nitrogen and oxygen atoms in total. The van der Waals surface area contributed by atoms with Gasteiger partial charge in [-0.3, -0.25) is 4.79 Å². The number of hydrogen-bond donors (Lipinski definition) is 6. The first-order valence-corrected chi connectivity index (χ1v) is 17.8. The van der Waals surface area contributed by atoms with E-state index in [2.05, 4.69) is 12.2 Å². The van der Waals surface area contributed by atoms with E-state index in [4.69, 9.17) is 14.2 Å². The summed E-state index contributed by atoms with van der Waals surface area (Å²) in [5.41, 5.74) is -5.14. The van der Waals surface area contributed by atoms with Gasteiger partial charge < -0.3 is 54.9 Å². The summed E-state index contributed by atoms with van der Waals surface area (Å²) in [6.07, 6.45) is -2.91. The Morgan fingerprint density at radius 1 is 1.02 bits per heavy atom. The fraction of sp³-hybridized carbons (Fsp3) is 0.971. The average Bonchev–Trinajstić information content (AvgIpc) is 2.99. The molecule has 0 spiro atoms. The predicted molar refractivity (Wildman–Crippen MR) is 182 cm³/mol. The normalized spacial score (nSPS) is 45.0. The van der Waals surface area contributed by atoms with E-state index < -0.39 is 71.4 Å². The second-order valence-electron chi connectivity index (χ2n) is 15.6. The molecule has 2 aliphatic heterocycles. The van der Waals surface area contributed by atoms with E-state index in [1.165, 1.54) is 6.92 Å². The van der Waals surface area contributed by atoms with Crippen LogP contribution in [-0.2, 0) is 19.0 Å². The van der Waals surface area contributed by atoms with Gasteiger partial charge in [-0.2, -0.15) is 0 Å². The summed E-state index contributed by atoms with van der Waals surface area (Å²) >= 11 is 0.